The second-order valence-electron chi connectivity index (χ2n) is 4.24. The van der Waals surface area contributed by atoms with Crippen molar-refractivity contribution in [2.24, 2.45) is 11.8 Å². The van der Waals surface area contributed by atoms with Crippen molar-refractivity contribution in [3.63, 3.8) is 0 Å². The minimum atomic E-state index is 0.901. The predicted octanol–water partition coefficient (Wildman–Crippen LogP) is 3.87. The summed E-state index contributed by atoms with van der Waals surface area (Å²) in [5, 5.41) is 0. The number of rotatable bonds is 4. The fraction of sp³-hybridized carbons (Fsp3) is 0.538. The van der Waals surface area contributed by atoms with Crippen molar-refractivity contribution < 1.29 is 0 Å². The molecule has 70 valence electrons. The van der Waals surface area contributed by atoms with Gasteiger partial charge < -0.3 is 0 Å². The van der Waals surface area contributed by atoms with Crippen molar-refractivity contribution in [3.8, 4) is 0 Å². The van der Waals surface area contributed by atoms with Gasteiger partial charge in [-0.2, -0.15) is 0 Å². The smallest absolute Gasteiger partial charge is 0.0136 e. The van der Waals surface area contributed by atoms with Crippen LogP contribution in [-0.2, 0) is 0 Å². The molecule has 2 atom stereocenters. The SMILES string of the molecule is C=CCC1=C(CC=C)C2CCC1C2. The Hall–Kier alpha value is -0.780. The molecule has 0 amide bonds. The lowest BCUT2D eigenvalue weighted by atomic mass is 9.88. The summed E-state index contributed by atoms with van der Waals surface area (Å²) in [6.45, 7) is 7.68. The number of fused-ring (bicyclic) bond motifs is 2. The largest absolute Gasteiger partial charge is 0.103 e. The van der Waals surface area contributed by atoms with Crippen LogP contribution in [-0.4, -0.2) is 0 Å². The summed E-state index contributed by atoms with van der Waals surface area (Å²) in [5.41, 5.74) is 3.40. The molecule has 0 saturated heterocycles. The van der Waals surface area contributed by atoms with Crippen molar-refractivity contribution >= 4 is 0 Å². The van der Waals surface area contributed by atoms with E-state index in [-0.39, 0.29) is 0 Å². The van der Waals surface area contributed by atoms with Gasteiger partial charge in [-0.05, 0) is 43.9 Å². The van der Waals surface area contributed by atoms with Crippen LogP contribution in [0.5, 0.6) is 0 Å². The molecule has 13 heavy (non-hydrogen) atoms. The fourth-order valence-electron chi connectivity index (χ4n) is 3.05. The van der Waals surface area contributed by atoms with Gasteiger partial charge in [0.05, 0.1) is 0 Å². The van der Waals surface area contributed by atoms with E-state index in [2.05, 4.69) is 25.3 Å². The van der Waals surface area contributed by atoms with Gasteiger partial charge in [0, 0.05) is 0 Å². The van der Waals surface area contributed by atoms with Crippen molar-refractivity contribution in [2.45, 2.75) is 32.1 Å². The van der Waals surface area contributed by atoms with Gasteiger partial charge in [0.25, 0.3) is 0 Å². The molecule has 0 aromatic rings. The molecular formula is C13H18. The molecule has 0 aromatic carbocycles. The molecule has 2 aliphatic carbocycles. The van der Waals surface area contributed by atoms with Crippen LogP contribution in [0.15, 0.2) is 36.5 Å². The molecule has 2 unspecified atom stereocenters. The van der Waals surface area contributed by atoms with Gasteiger partial charge in [0.2, 0.25) is 0 Å². The summed E-state index contributed by atoms with van der Waals surface area (Å²) in [6, 6.07) is 0. The Morgan fingerprint density at radius 3 is 1.85 bits per heavy atom. The molecule has 1 fully saturated rings. The molecule has 0 aromatic heterocycles. The van der Waals surface area contributed by atoms with E-state index in [1.165, 1.54) is 19.3 Å². The Labute approximate surface area is 81.0 Å². The van der Waals surface area contributed by atoms with Crippen LogP contribution in [0.25, 0.3) is 0 Å². The van der Waals surface area contributed by atoms with E-state index < -0.39 is 0 Å². The molecule has 0 radical (unpaired) electrons. The van der Waals surface area contributed by atoms with E-state index in [1.54, 1.807) is 11.1 Å². The number of allylic oxidation sites excluding steroid dienone is 4. The fourth-order valence-corrected chi connectivity index (χ4v) is 3.05. The van der Waals surface area contributed by atoms with Gasteiger partial charge >= 0.3 is 0 Å². The molecule has 0 spiro atoms. The summed E-state index contributed by atoms with van der Waals surface area (Å²) >= 11 is 0. The van der Waals surface area contributed by atoms with Crippen LogP contribution in [0.2, 0.25) is 0 Å². The molecule has 2 rings (SSSR count). The van der Waals surface area contributed by atoms with Crippen LogP contribution >= 0.6 is 0 Å². The molecule has 0 nitrogen and oxygen atoms in total. The number of hydrogen-bond acceptors (Lipinski definition) is 0. The van der Waals surface area contributed by atoms with Crippen molar-refractivity contribution in [1.82, 2.24) is 0 Å². The monoisotopic (exact) mass is 174 g/mol. The van der Waals surface area contributed by atoms with E-state index in [4.69, 9.17) is 0 Å². The average molecular weight is 174 g/mol. The van der Waals surface area contributed by atoms with Crippen molar-refractivity contribution in [3.05, 3.63) is 36.5 Å². The van der Waals surface area contributed by atoms with E-state index in [1.807, 2.05) is 0 Å². The van der Waals surface area contributed by atoms with Gasteiger partial charge in [-0.3, -0.25) is 0 Å². The Morgan fingerprint density at radius 1 is 1.00 bits per heavy atom. The highest BCUT2D eigenvalue weighted by atomic mass is 14.4. The summed E-state index contributed by atoms with van der Waals surface area (Å²) in [4.78, 5) is 0. The van der Waals surface area contributed by atoms with Crippen LogP contribution < -0.4 is 0 Å². The first-order chi connectivity index (χ1) is 6.36. The van der Waals surface area contributed by atoms with E-state index >= 15 is 0 Å². The highest BCUT2D eigenvalue weighted by Gasteiger charge is 2.37. The maximum atomic E-state index is 3.84. The lowest BCUT2D eigenvalue weighted by molar-refractivity contribution is 0.630. The van der Waals surface area contributed by atoms with Crippen LogP contribution in [0.4, 0.5) is 0 Å². The van der Waals surface area contributed by atoms with E-state index in [0.717, 1.165) is 24.7 Å². The van der Waals surface area contributed by atoms with Crippen molar-refractivity contribution in [2.75, 3.05) is 0 Å². The second-order valence-corrected chi connectivity index (χ2v) is 4.24. The third kappa shape index (κ3) is 1.39. The van der Waals surface area contributed by atoms with Crippen molar-refractivity contribution in [1.29, 1.82) is 0 Å². The second kappa shape index (κ2) is 3.53. The first-order valence-electron chi connectivity index (χ1n) is 5.30. The standard InChI is InChI=1S/C13H18/c1-3-5-12-10-7-8-11(9-10)13(12)6-4-2/h3-4,10-11H,1-2,5-9H2. The maximum Gasteiger partial charge on any atom is -0.0136 e. The minimum Gasteiger partial charge on any atom is -0.103 e. The molecular weight excluding hydrogens is 156 g/mol. The first kappa shape index (κ1) is 8.80. The quantitative estimate of drug-likeness (QED) is 0.568. The van der Waals surface area contributed by atoms with Gasteiger partial charge in [0.1, 0.15) is 0 Å². The molecule has 2 bridgehead atoms. The van der Waals surface area contributed by atoms with Crippen LogP contribution in [0, 0.1) is 11.8 Å². The summed E-state index contributed by atoms with van der Waals surface area (Å²) in [6.07, 6.45) is 10.6. The zero-order valence-electron chi connectivity index (χ0n) is 8.26. The Balaban J connectivity index is 2.22. The summed E-state index contributed by atoms with van der Waals surface area (Å²) < 4.78 is 0. The molecule has 1 saturated carbocycles. The third-order valence-electron chi connectivity index (χ3n) is 3.56. The molecule has 0 heteroatoms. The lowest BCUT2D eigenvalue weighted by Gasteiger charge is -2.17. The molecule has 0 aliphatic heterocycles. The minimum absolute atomic E-state index is 0.901. The highest BCUT2D eigenvalue weighted by molar-refractivity contribution is 5.31. The first-order valence-corrected chi connectivity index (χ1v) is 5.30. The van der Waals surface area contributed by atoms with Gasteiger partial charge in [-0.25, -0.2) is 0 Å². The van der Waals surface area contributed by atoms with Gasteiger partial charge in [0.15, 0.2) is 0 Å². The van der Waals surface area contributed by atoms with E-state index in [9.17, 15) is 0 Å². The van der Waals surface area contributed by atoms with Gasteiger partial charge in [-0.1, -0.05) is 23.3 Å². The lowest BCUT2D eigenvalue weighted by Crippen LogP contribution is -2.02. The van der Waals surface area contributed by atoms with E-state index in [0.29, 0.717) is 0 Å². The topological polar surface area (TPSA) is 0 Å². The predicted molar refractivity (Wildman–Crippen MR) is 57.5 cm³/mol. The Morgan fingerprint density at radius 2 is 1.46 bits per heavy atom. The normalized spacial score (nSPS) is 31.1. The number of hydrogen-bond donors (Lipinski definition) is 0. The zero-order chi connectivity index (χ0) is 9.26. The van der Waals surface area contributed by atoms with Crippen LogP contribution in [0.3, 0.4) is 0 Å². The van der Waals surface area contributed by atoms with Crippen LogP contribution in [0.1, 0.15) is 32.1 Å². The zero-order valence-corrected chi connectivity index (χ0v) is 8.26. The third-order valence-corrected chi connectivity index (χ3v) is 3.56. The average Bonchev–Trinajstić information content (AvgIpc) is 2.69. The highest BCUT2D eigenvalue weighted by Crippen LogP contribution is 2.50. The molecule has 2 aliphatic rings. The summed E-state index contributed by atoms with van der Waals surface area (Å²) in [7, 11) is 0. The Bertz CT molecular complexity index is 231. The van der Waals surface area contributed by atoms with Gasteiger partial charge in [-0.15, -0.1) is 13.2 Å². The Kier molecular flexibility index (Phi) is 2.39. The summed E-state index contributed by atoms with van der Waals surface area (Å²) in [5.74, 6) is 1.80. The molecule has 0 heterocycles. The molecule has 0 N–H and O–H groups in total. The maximum absolute atomic E-state index is 3.84.